The summed E-state index contributed by atoms with van der Waals surface area (Å²) in [6.07, 6.45) is -0.494. The molecule has 1 aromatic heterocycles. The molecule has 21 heavy (non-hydrogen) atoms. The first kappa shape index (κ1) is 15.4. The van der Waals surface area contributed by atoms with Gasteiger partial charge in [0.15, 0.2) is 5.76 Å². The first-order valence-corrected chi connectivity index (χ1v) is 6.90. The van der Waals surface area contributed by atoms with E-state index in [1.54, 1.807) is 39.0 Å². The van der Waals surface area contributed by atoms with Gasteiger partial charge in [-0.25, -0.2) is 4.79 Å². The Hall–Kier alpha value is -2.01. The van der Waals surface area contributed by atoms with Crippen LogP contribution in [0.25, 0.3) is 11.3 Å². The van der Waals surface area contributed by atoms with E-state index in [1.165, 1.54) is 0 Å². The van der Waals surface area contributed by atoms with Crippen LogP contribution in [-0.4, -0.2) is 16.9 Å². The smallest absolute Gasteiger partial charge is 0.408 e. The summed E-state index contributed by atoms with van der Waals surface area (Å²) in [7, 11) is 0. The minimum atomic E-state index is -0.528. The van der Waals surface area contributed by atoms with Gasteiger partial charge >= 0.3 is 6.09 Å². The number of carbonyl (C=O) groups excluding carboxylic acids is 1. The Balaban J connectivity index is 1.94. The predicted octanol–water partition coefficient (Wildman–Crippen LogP) is 4.02. The molecular weight excluding hydrogens is 292 g/mol. The molecule has 0 aliphatic rings. The molecule has 2 rings (SSSR count). The van der Waals surface area contributed by atoms with Gasteiger partial charge in [-0.1, -0.05) is 28.9 Å². The number of amides is 1. The molecular formula is C15H17ClN2O3. The van der Waals surface area contributed by atoms with Crippen LogP contribution in [0.5, 0.6) is 0 Å². The number of ether oxygens (including phenoxy) is 1. The largest absolute Gasteiger partial charge is 0.444 e. The molecule has 0 aliphatic carbocycles. The van der Waals surface area contributed by atoms with Crippen molar-refractivity contribution in [2.75, 3.05) is 0 Å². The fourth-order valence-corrected chi connectivity index (χ4v) is 1.75. The molecule has 0 saturated carbocycles. The topological polar surface area (TPSA) is 64.4 Å². The van der Waals surface area contributed by atoms with Crippen LogP contribution in [0.3, 0.4) is 0 Å². The number of hydrogen-bond acceptors (Lipinski definition) is 4. The third kappa shape index (κ3) is 4.79. The Kier molecular flexibility index (Phi) is 4.53. The van der Waals surface area contributed by atoms with Crippen molar-refractivity contribution in [3.8, 4) is 11.3 Å². The second-order valence-corrected chi connectivity index (χ2v) is 5.98. The van der Waals surface area contributed by atoms with E-state index in [0.717, 1.165) is 5.56 Å². The summed E-state index contributed by atoms with van der Waals surface area (Å²) in [5, 5.41) is 7.23. The summed E-state index contributed by atoms with van der Waals surface area (Å²) in [5.41, 5.74) is 1.05. The standard InChI is InChI=1S/C15H17ClN2O3/c1-15(2,3)20-14(19)17-9-12-8-13(18-21-12)10-4-6-11(16)7-5-10/h4-8H,9H2,1-3H3,(H,17,19). The van der Waals surface area contributed by atoms with Crippen molar-refractivity contribution < 1.29 is 14.1 Å². The highest BCUT2D eigenvalue weighted by atomic mass is 35.5. The number of nitrogens with zero attached hydrogens (tertiary/aromatic N) is 1. The lowest BCUT2D eigenvalue weighted by Crippen LogP contribution is -2.32. The molecule has 1 aromatic carbocycles. The van der Waals surface area contributed by atoms with Crippen molar-refractivity contribution in [1.29, 1.82) is 0 Å². The van der Waals surface area contributed by atoms with E-state index in [4.69, 9.17) is 20.9 Å². The highest BCUT2D eigenvalue weighted by Gasteiger charge is 2.16. The van der Waals surface area contributed by atoms with Gasteiger partial charge in [0.2, 0.25) is 0 Å². The number of carbonyl (C=O) groups is 1. The van der Waals surface area contributed by atoms with Crippen LogP contribution in [0.1, 0.15) is 26.5 Å². The van der Waals surface area contributed by atoms with Crippen molar-refractivity contribution in [2.24, 2.45) is 0 Å². The zero-order chi connectivity index (χ0) is 15.5. The molecule has 0 aliphatic heterocycles. The average Bonchev–Trinajstić information content (AvgIpc) is 2.84. The number of rotatable bonds is 3. The van der Waals surface area contributed by atoms with Gasteiger partial charge in [-0.15, -0.1) is 0 Å². The molecule has 0 spiro atoms. The lowest BCUT2D eigenvalue weighted by Gasteiger charge is -2.19. The van der Waals surface area contributed by atoms with Crippen LogP contribution >= 0.6 is 11.6 Å². The van der Waals surface area contributed by atoms with Gasteiger partial charge in [0, 0.05) is 16.7 Å². The Morgan fingerprint density at radius 3 is 2.62 bits per heavy atom. The van der Waals surface area contributed by atoms with Gasteiger partial charge in [-0.05, 0) is 32.9 Å². The van der Waals surface area contributed by atoms with Crippen molar-refractivity contribution in [3.05, 3.63) is 41.1 Å². The Morgan fingerprint density at radius 2 is 2.00 bits per heavy atom. The molecule has 0 saturated heterocycles. The average molecular weight is 309 g/mol. The van der Waals surface area contributed by atoms with Crippen LogP contribution in [0, 0.1) is 0 Å². The molecule has 5 nitrogen and oxygen atoms in total. The lowest BCUT2D eigenvalue weighted by molar-refractivity contribution is 0.0519. The summed E-state index contributed by atoms with van der Waals surface area (Å²) >= 11 is 5.84. The summed E-state index contributed by atoms with van der Waals surface area (Å²) in [6.45, 7) is 5.63. The molecule has 1 heterocycles. The van der Waals surface area contributed by atoms with Crippen molar-refractivity contribution in [1.82, 2.24) is 10.5 Å². The maximum atomic E-state index is 11.5. The molecule has 0 radical (unpaired) electrons. The van der Waals surface area contributed by atoms with Gasteiger partial charge in [-0.3, -0.25) is 0 Å². The van der Waals surface area contributed by atoms with E-state index in [9.17, 15) is 4.79 Å². The van der Waals surface area contributed by atoms with Crippen LogP contribution in [0.2, 0.25) is 5.02 Å². The number of alkyl carbamates (subject to hydrolysis) is 1. The molecule has 2 aromatic rings. The molecule has 112 valence electrons. The van der Waals surface area contributed by atoms with Crippen molar-refractivity contribution in [3.63, 3.8) is 0 Å². The summed E-state index contributed by atoms with van der Waals surface area (Å²) < 4.78 is 10.3. The Bertz CT molecular complexity index is 615. The van der Waals surface area contributed by atoms with E-state index >= 15 is 0 Å². The number of nitrogens with one attached hydrogen (secondary N) is 1. The molecule has 1 amide bonds. The molecule has 1 N–H and O–H groups in total. The van der Waals surface area contributed by atoms with Gasteiger partial charge in [-0.2, -0.15) is 0 Å². The summed E-state index contributed by atoms with van der Waals surface area (Å²) in [5.74, 6) is 0.547. The summed E-state index contributed by atoms with van der Waals surface area (Å²) in [6, 6.07) is 9.03. The van der Waals surface area contributed by atoms with E-state index in [2.05, 4.69) is 10.5 Å². The molecule has 0 atom stereocenters. The second-order valence-electron chi connectivity index (χ2n) is 5.54. The third-order valence-corrected chi connectivity index (χ3v) is 2.76. The molecule has 0 unspecified atom stereocenters. The van der Waals surface area contributed by atoms with Crippen molar-refractivity contribution in [2.45, 2.75) is 32.9 Å². The second kappa shape index (κ2) is 6.18. The van der Waals surface area contributed by atoms with Crippen molar-refractivity contribution >= 4 is 17.7 Å². The Labute approximate surface area is 128 Å². The van der Waals surface area contributed by atoms with Gasteiger partial charge < -0.3 is 14.6 Å². The minimum absolute atomic E-state index is 0.218. The molecule has 0 fully saturated rings. The first-order valence-electron chi connectivity index (χ1n) is 6.52. The normalized spacial score (nSPS) is 11.2. The maximum Gasteiger partial charge on any atom is 0.408 e. The first-order chi connectivity index (χ1) is 9.83. The lowest BCUT2D eigenvalue weighted by atomic mass is 10.1. The quantitative estimate of drug-likeness (QED) is 0.930. The van der Waals surface area contributed by atoms with Gasteiger partial charge in [0.05, 0.1) is 6.54 Å². The maximum absolute atomic E-state index is 11.5. The van der Waals surface area contributed by atoms with E-state index < -0.39 is 11.7 Å². The van der Waals surface area contributed by atoms with Gasteiger partial charge in [0.1, 0.15) is 11.3 Å². The predicted molar refractivity (Wildman–Crippen MR) is 80.0 cm³/mol. The molecule has 0 bridgehead atoms. The van der Waals surface area contributed by atoms with Crippen LogP contribution < -0.4 is 5.32 Å². The number of aromatic nitrogens is 1. The number of hydrogen-bond donors (Lipinski definition) is 1. The van der Waals surface area contributed by atoms with E-state index in [0.29, 0.717) is 16.5 Å². The van der Waals surface area contributed by atoms with Crippen LogP contribution in [-0.2, 0) is 11.3 Å². The van der Waals surface area contributed by atoms with E-state index in [1.807, 2.05) is 12.1 Å². The third-order valence-electron chi connectivity index (χ3n) is 2.50. The fraction of sp³-hybridized carbons (Fsp3) is 0.333. The van der Waals surface area contributed by atoms with Crippen LogP contribution in [0.4, 0.5) is 4.79 Å². The highest BCUT2D eigenvalue weighted by molar-refractivity contribution is 6.30. The Morgan fingerprint density at radius 1 is 1.33 bits per heavy atom. The number of benzene rings is 1. The van der Waals surface area contributed by atoms with Gasteiger partial charge in [0.25, 0.3) is 0 Å². The van der Waals surface area contributed by atoms with Crippen LogP contribution in [0.15, 0.2) is 34.9 Å². The minimum Gasteiger partial charge on any atom is -0.444 e. The zero-order valence-electron chi connectivity index (χ0n) is 12.1. The fourth-order valence-electron chi connectivity index (χ4n) is 1.63. The zero-order valence-corrected chi connectivity index (χ0v) is 12.9. The summed E-state index contributed by atoms with van der Waals surface area (Å²) in [4.78, 5) is 11.5. The van der Waals surface area contributed by atoms with E-state index in [-0.39, 0.29) is 6.54 Å². The molecule has 6 heteroatoms. The SMILES string of the molecule is CC(C)(C)OC(=O)NCc1cc(-c2ccc(Cl)cc2)no1. The monoisotopic (exact) mass is 308 g/mol. The number of halogens is 1. The highest BCUT2D eigenvalue weighted by Crippen LogP contribution is 2.21.